The van der Waals surface area contributed by atoms with Crippen LogP contribution < -0.4 is 5.32 Å². The van der Waals surface area contributed by atoms with Gasteiger partial charge in [0.2, 0.25) is 0 Å². The molecule has 0 heterocycles. The first-order chi connectivity index (χ1) is 13.9. The third kappa shape index (κ3) is 5.83. The average molecular weight is 452 g/mol. The Hall–Kier alpha value is -2.38. The normalized spacial score (nSPS) is 11.6. The maximum Gasteiger partial charge on any atom is 0.340 e. The van der Waals surface area contributed by atoms with E-state index in [1.165, 1.54) is 12.1 Å². The van der Waals surface area contributed by atoms with E-state index in [1.807, 2.05) is 45.9 Å². The molecule has 0 spiro atoms. The summed E-state index contributed by atoms with van der Waals surface area (Å²) in [4.78, 5) is 24.8. The van der Waals surface area contributed by atoms with E-state index in [9.17, 15) is 18.0 Å². The van der Waals surface area contributed by atoms with Crippen LogP contribution in [0, 0.1) is 0 Å². The predicted octanol–water partition coefficient (Wildman–Crippen LogP) is 4.79. The molecule has 0 unspecified atom stereocenters. The molecule has 0 aliphatic heterocycles. The Bertz CT molecular complexity index is 1030. The zero-order valence-electron chi connectivity index (χ0n) is 17.7. The van der Waals surface area contributed by atoms with E-state index in [0.29, 0.717) is 0 Å². The molecular formula is C22H26ClNO5S. The minimum atomic E-state index is -3.52. The molecule has 1 N–H and O–H groups in total. The number of ether oxygens (including phenoxy) is 1. The van der Waals surface area contributed by atoms with Gasteiger partial charge in [0.25, 0.3) is 5.91 Å². The van der Waals surface area contributed by atoms with Crippen molar-refractivity contribution in [2.75, 3.05) is 18.2 Å². The van der Waals surface area contributed by atoms with Gasteiger partial charge in [-0.25, -0.2) is 13.2 Å². The molecule has 1 amide bonds. The second-order valence-electron chi connectivity index (χ2n) is 7.66. The van der Waals surface area contributed by atoms with E-state index in [4.69, 9.17) is 16.3 Å². The van der Waals surface area contributed by atoms with Gasteiger partial charge >= 0.3 is 5.97 Å². The largest absolute Gasteiger partial charge is 0.452 e. The van der Waals surface area contributed by atoms with Crippen molar-refractivity contribution < 1.29 is 22.7 Å². The van der Waals surface area contributed by atoms with E-state index >= 15 is 0 Å². The van der Waals surface area contributed by atoms with Crippen LogP contribution >= 0.6 is 11.6 Å². The molecule has 8 heteroatoms. The number of benzene rings is 2. The van der Waals surface area contributed by atoms with Gasteiger partial charge in [-0.1, -0.05) is 57.5 Å². The summed E-state index contributed by atoms with van der Waals surface area (Å²) in [6.07, 6.45) is 1.03. The Kier molecular flexibility index (Phi) is 7.66. The standard InChI is InChI=1S/C22H26ClNO5S/c1-13(2)16-7-6-8-17(14(3)4)21(16)24-20(25)12-29-22(26)18-11-15(30(5,27)28)9-10-19(18)23/h6-11,13-14H,12H2,1-5H3,(H,24,25). The van der Waals surface area contributed by atoms with Crippen molar-refractivity contribution in [1.82, 2.24) is 0 Å². The first-order valence-corrected chi connectivity index (χ1v) is 11.8. The minimum Gasteiger partial charge on any atom is -0.452 e. The topological polar surface area (TPSA) is 89.5 Å². The average Bonchev–Trinajstić information content (AvgIpc) is 2.65. The number of rotatable bonds is 7. The third-order valence-corrected chi connectivity index (χ3v) is 6.00. The van der Waals surface area contributed by atoms with Crippen LogP contribution in [-0.4, -0.2) is 33.2 Å². The Morgan fingerprint density at radius 3 is 2.10 bits per heavy atom. The summed E-state index contributed by atoms with van der Waals surface area (Å²) >= 11 is 6.00. The number of carbonyl (C=O) groups is 2. The number of carbonyl (C=O) groups excluding carboxylic acids is 2. The summed E-state index contributed by atoms with van der Waals surface area (Å²) in [7, 11) is -3.52. The highest BCUT2D eigenvalue weighted by atomic mass is 35.5. The molecule has 0 aromatic heterocycles. The van der Waals surface area contributed by atoms with Crippen LogP contribution in [0.15, 0.2) is 41.3 Å². The molecule has 2 aromatic rings. The van der Waals surface area contributed by atoms with E-state index in [0.717, 1.165) is 29.1 Å². The monoisotopic (exact) mass is 451 g/mol. The molecule has 2 aromatic carbocycles. The summed E-state index contributed by atoms with van der Waals surface area (Å²) in [5.74, 6) is -0.978. The fourth-order valence-electron chi connectivity index (χ4n) is 2.97. The lowest BCUT2D eigenvalue weighted by molar-refractivity contribution is -0.119. The van der Waals surface area contributed by atoms with E-state index in [2.05, 4.69) is 5.32 Å². The maximum atomic E-state index is 12.5. The lowest BCUT2D eigenvalue weighted by Crippen LogP contribution is -2.23. The van der Waals surface area contributed by atoms with Crippen molar-refractivity contribution in [3.05, 3.63) is 58.1 Å². The molecule has 0 bridgehead atoms. The number of halogens is 1. The van der Waals surface area contributed by atoms with Gasteiger partial charge in [0, 0.05) is 11.9 Å². The Morgan fingerprint density at radius 2 is 1.60 bits per heavy atom. The van der Waals surface area contributed by atoms with Crippen LogP contribution in [0.2, 0.25) is 5.02 Å². The van der Waals surface area contributed by atoms with Crippen LogP contribution in [0.25, 0.3) is 0 Å². The van der Waals surface area contributed by atoms with Gasteiger partial charge < -0.3 is 10.1 Å². The van der Waals surface area contributed by atoms with E-state index < -0.39 is 28.3 Å². The molecule has 0 saturated carbocycles. The summed E-state index contributed by atoms with van der Waals surface area (Å²) in [5.41, 5.74) is 2.59. The molecule has 0 saturated heterocycles. The fraction of sp³-hybridized carbons (Fsp3) is 0.364. The second-order valence-corrected chi connectivity index (χ2v) is 10.1. The van der Waals surface area contributed by atoms with Gasteiger partial charge in [-0.3, -0.25) is 4.79 Å². The highest BCUT2D eigenvalue weighted by Crippen LogP contribution is 2.32. The highest BCUT2D eigenvalue weighted by molar-refractivity contribution is 7.90. The maximum absolute atomic E-state index is 12.5. The van der Waals surface area contributed by atoms with Gasteiger partial charge in [-0.05, 0) is 41.2 Å². The van der Waals surface area contributed by atoms with Crippen LogP contribution in [0.4, 0.5) is 5.69 Å². The van der Waals surface area contributed by atoms with Crippen LogP contribution in [0.3, 0.4) is 0 Å². The number of anilines is 1. The molecule has 2 rings (SSSR count). The van der Waals surface area contributed by atoms with E-state index in [-0.39, 0.29) is 27.3 Å². The van der Waals surface area contributed by atoms with Crippen LogP contribution in [0.1, 0.15) is 61.0 Å². The summed E-state index contributed by atoms with van der Waals surface area (Å²) in [6.45, 7) is 7.61. The number of hydrogen-bond donors (Lipinski definition) is 1. The van der Waals surface area contributed by atoms with Crippen molar-refractivity contribution >= 4 is 39.0 Å². The zero-order valence-corrected chi connectivity index (χ0v) is 19.2. The SMILES string of the molecule is CC(C)c1cccc(C(C)C)c1NC(=O)COC(=O)c1cc(S(C)(=O)=O)ccc1Cl. The van der Waals surface area contributed by atoms with Gasteiger partial charge in [0.15, 0.2) is 16.4 Å². The zero-order chi connectivity index (χ0) is 22.6. The molecule has 0 radical (unpaired) electrons. The lowest BCUT2D eigenvalue weighted by Gasteiger charge is -2.20. The molecule has 0 aliphatic rings. The fourth-order valence-corrected chi connectivity index (χ4v) is 3.81. The van der Waals surface area contributed by atoms with Crippen molar-refractivity contribution in [2.45, 2.75) is 44.4 Å². The molecule has 0 fully saturated rings. The van der Waals surface area contributed by atoms with Gasteiger partial charge in [0.1, 0.15) is 0 Å². The first kappa shape index (κ1) is 23.9. The van der Waals surface area contributed by atoms with Crippen molar-refractivity contribution in [2.24, 2.45) is 0 Å². The quantitative estimate of drug-likeness (QED) is 0.611. The third-order valence-electron chi connectivity index (χ3n) is 4.56. The second kappa shape index (κ2) is 9.62. The van der Waals surface area contributed by atoms with Crippen molar-refractivity contribution in [3.63, 3.8) is 0 Å². The smallest absolute Gasteiger partial charge is 0.340 e. The van der Waals surface area contributed by atoms with Gasteiger partial charge in [-0.15, -0.1) is 0 Å². The van der Waals surface area contributed by atoms with Crippen molar-refractivity contribution in [1.29, 1.82) is 0 Å². The van der Waals surface area contributed by atoms with Gasteiger partial charge in [-0.2, -0.15) is 0 Å². The number of hydrogen-bond acceptors (Lipinski definition) is 5. The molecule has 0 aliphatic carbocycles. The van der Waals surface area contributed by atoms with Gasteiger partial charge in [0.05, 0.1) is 15.5 Å². The number of nitrogens with one attached hydrogen (secondary N) is 1. The first-order valence-electron chi connectivity index (χ1n) is 9.51. The summed E-state index contributed by atoms with van der Waals surface area (Å²) in [5, 5.41) is 2.90. The number of amides is 1. The summed E-state index contributed by atoms with van der Waals surface area (Å²) < 4.78 is 28.5. The minimum absolute atomic E-state index is 0.0417. The molecule has 6 nitrogen and oxygen atoms in total. The highest BCUT2D eigenvalue weighted by Gasteiger charge is 2.19. The van der Waals surface area contributed by atoms with Crippen LogP contribution in [0.5, 0.6) is 0 Å². The van der Waals surface area contributed by atoms with Crippen molar-refractivity contribution in [3.8, 4) is 0 Å². The number of para-hydroxylation sites is 1. The Labute approximate surface area is 182 Å². The lowest BCUT2D eigenvalue weighted by atomic mass is 9.92. The molecule has 30 heavy (non-hydrogen) atoms. The Balaban J connectivity index is 2.17. The van der Waals surface area contributed by atoms with Crippen LogP contribution in [-0.2, 0) is 19.4 Å². The Morgan fingerprint density at radius 1 is 1.03 bits per heavy atom. The van der Waals surface area contributed by atoms with E-state index in [1.54, 1.807) is 0 Å². The molecule has 0 atom stereocenters. The summed E-state index contributed by atoms with van der Waals surface area (Å²) in [6, 6.07) is 9.61. The number of sulfone groups is 1. The predicted molar refractivity (Wildman–Crippen MR) is 118 cm³/mol. The molecular weight excluding hydrogens is 426 g/mol. The molecule has 162 valence electrons. The number of esters is 1.